The number of aliphatic hydroxyl groups is 1. The summed E-state index contributed by atoms with van der Waals surface area (Å²) in [5, 5.41) is 10.9. The fourth-order valence-electron chi connectivity index (χ4n) is 3.61. The lowest BCUT2D eigenvalue weighted by Crippen LogP contribution is -2.46. The molecule has 0 aromatic heterocycles. The van der Waals surface area contributed by atoms with Crippen molar-refractivity contribution < 1.29 is 23.0 Å². The zero-order chi connectivity index (χ0) is 23.4. The Morgan fingerprint density at radius 1 is 0.970 bits per heavy atom. The van der Waals surface area contributed by atoms with Crippen molar-refractivity contribution in [2.24, 2.45) is 5.73 Å². The number of hydrogen-bond acceptors (Lipinski definition) is 6. The normalized spacial score (nSPS) is 14.9. The average molecular weight is 533 g/mol. The van der Waals surface area contributed by atoms with Crippen LogP contribution >= 0.6 is 15.9 Å². The van der Waals surface area contributed by atoms with Crippen molar-refractivity contribution >= 4 is 26.0 Å². The Bertz CT molecular complexity index is 1190. The van der Waals surface area contributed by atoms with Crippen LogP contribution in [0.5, 0.6) is 11.5 Å². The second kappa shape index (κ2) is 10.2. The van der Waals surface area contributed by atoms with Crippen molar-refractivity contribution in [1.82, 2.24) is 4.31 Å². The predicted molar refractivity (Wildman–Crippen MR) is 128 cm³/mol. The first-order valence-electron chi connectivity index (χ1n) is 10.4. The molecule has 33 heavy (non-hydrogen) atoms. The van der Waals surface area contributed by atoms with Gasteiger partial charge in [-0.3, -0.25) is 0 Å². The number of nitrogens with two attached hydrogens (primary N) is 1. The molecule has 0 unspecified atom stereocenters. The third kappa shape index (κ3) is 5.74. The van der Waals surface area contributed by atoms with Crippen molar-refractivity contribution in [1.29, 1.82) is 0 Å². The van der Waals surface area contributed by atoms with Crippen molar-refractivity contribution in [3.8, 4) is 11.5 Å². The Hall–Kier alpha value is -2.43. The van der Waals surface area contributed by atoms with Gasteiger partial charge in [0.15, 0.2) is 11.5 Å². The second-order valence-electron chi connectivity index (χ2n) is 7.86. The largest absolute Gasteiger partial charge is 0.454 e. The molecule has 1 aliphatic rings. The maximum atomic E-state index is 13.5. The molecule has 0 fully saturated rings. The highest BCUT2D eigenvalue weighted by atomic mass is 79.9. The molecule has 4 rings (SSSR count). The first-order chi connectivity index (χ1) is 15.8. The van der Waals surface area contributed by atoms with E-state index < -0.39 is 22.2 Å². The highest BCUT2D eigenvalue weighted by Crippen LogP contribution is 2.33. The minimum atomic E-state index is -3.91. The van der Waals surface area contributed by atoms with Gasteiger partial charge in [-0.2, -0.15) is 4.31 Å². The van der Waals surface area contributed by atoms with Gasteiger partial charge in [0.2, 0.25) is 16.8 Å². The van der Waals surface area contributed by atoms with E-state index in [-0.39, 0.29) is 24.8 Å². The molecule has 0 saturated carbocycles. The molecule has 1 heterocycles. The Labute approximate surface area is 201 Å². The molecule has 7 nitrogen and oxygen atoms in total. The summed E-state index contributed by atoms with van der Waals surface area (Å²) in [6, 6.07) is 20.6. The maximum absolute atomic E-state index is 13.5. The van der Waals surface area contributed by atoms with Crippen LogP contribution in [0.2, 0.25) is 0 Å². The smallest absolute Gasteiger partial charge is 0.243 e. The van der Waals surface area contributed by atoms with Gasteiger partial charge >= 0.3 is 0 Å². The van der Waals surface area contributed by atoms with Crippen molar-refractivity contribution in [3.63, 3.8) is 0 Å². The Balaban J connectivity index is 1.58. The lowest BCUT2D eigenvalue weighted by molar-refractivity contribution is 0.117. The van der Waals surface area contributed by atoms with Gasteiger partial charge < -0.3 is 20.3 Å². The molecule has 0 aliphatic carbocycles. The number of aliphatic hydroxyl groups excluding tert-OH is 1. The van der Waals surface area contributed by atoms with E-state index in [9.17, 15) is 13.5 Å². The van der Waals surface area contributed by atoms with E-state index in [1.54, 1.807) is 30.3 Å². The number of halogens is 1. The van der Waals surface area contributed by atoms with Crippen molar-refractivity contribution in [3.05, 3.63) is 88.4 Å². The molecule has 0 bridgehead atoms. The summed E-state index contributed by atoms with van der Waals surface area (Å²) in [6.07, 6.45) is -0.637. The Morgan fingerprint density at radius 2 is 1.67 bits per heavy atom. The van der Waals surface area contributed by atoms with Gasteiger partial charge in [-0.25, -0.2) is 8.42 Å². The third-order valence-electron chi connectivity index (χ3n) is 5.45. The second-order valence-corrected chi connectivity index (χ2v) is 10.7. The SMILES string of the molecule is N[C@@H](Cc1ccccc1)[C@H](O)CN(Cc1ccc2c(c1)OCO2)S(=O)(=O)c1ccc(Br)cc1. The van der Waals surface area contributed by atoms with Gasteiger partial charge in [-0.15, -0.1) is 0 Å². The van der Waals surface area contributed by atoms with E-state index in [1.807, 2.05) is 30.3 Å². The predicted octanol–water partition coefficient (Wildman–Crippen LogP) is 3.30. The molecule has 0 amide bonds. The average Bonchev–Trinajstić information content (AvgIpc) is 3.27. The number of nitrogens with zero attached hydrogens (tertiary/aromatic N) is 1. The number of ether oxygens (including phenoxy) is 2. The fourth-order valence-corrected chi connectivity index (χ4v) is 5.32. The van der Waals surface area contributed by atoms with Crippen LogP contribution in [-0.2, 0) is 23.0 Å². The van der Waals surface area contributed by atoms with E-state index in [0.717, 1.165) is 10.0 Å². The van der Waals surface area contributed by atoms with Gasteiger partial charge in [0.05, 0.1) is 11.0 Å². The highest BCUT2D eigenvalue weighted by Gasteiger charge is 2.29. The fraction of sp³-hybridized carbons (Fsp3) is 0.250. The van der Waals surface area contributed by atoms with Crippen LogP contribution in [0.1, 0.15) is 11.1 Å². The van der Waals surface area contributed by atoms with Gasteiger partial charge in [0.1, 0.15) is 0 Å². The van der Waals surface area contributed by atoms with Crippen LogP contribution in [0.15, 0.2) is 82.2 Å². The summed E-state index contributed by atoms with van der Waals surface area (Å²) >= 11 is 3.33. The summed E-state index contributed by atoms with van der Waals surface area (Å²) in [4.78, 5) is 0.135. The topological polar surface area (TPSA) is 102 Å². The lowest BCUT2D eigenvalue weighted by atomic mass is 10.0. The van der Waals surface area contributed by atoms with Crippen LogP contribution in [0.25, 0.3) is 0 Å². The molecule has 3 aromatic rings. The van der Waals surface area contributed by atoms with Crippen LogP contribution in [0.4, 0.5) is 0 Å². The summed E-state index contributed by atoms with van der Waals surface area (Å²) in [5.41, 5.74) is 7.94. The molecular formula is C24H25BrN2O5S. The number of benzene rings is 3. The molecule has 0 spiro atoms. The van der Waals surface area contributed by atoms with Crippen LogP contribution in [0.3, 0.4) is 0 Å². The molecule has 9 heteroatoms. The van der Waals surface area contributed by atoms with E-state index in [0.29, 0.717) is 23.5 Å². The van der Waals surface area contributed by atoms with E-state index in [4.69, 9.17) is 15.2 Å². The molecule has 3 aromatic carbocycles. The van der Waals surface area contributed by atoms with Crippen LogP contribution in [0, 0.1) is 0 Å². The molecule has 0 saturated heterocycles. The zero-order valence-corrected chi connectivity index (χ0v) is 20.2. The number of hydrogen-bond donors (Lipinski definition) is 2. The van der Waals surface area contributed by atoms with Crippen LogP contribution < -0.4 is 15.2 Å². The molecule has 174 valence electrons. The van der Waals surface area contributed by atoms with Crippen molar-refractivity contribution in [2.45, 2.75) is 30.0 Å². The van der Waals surface area contributed by atoms with E-state index in [1.165, 1.54) is 16.4 Å². The zero-order valence-electron chi connectivity index (χ0n) is 17.8. The highest BCUT2D eigenvalue weighted by molar-refractivity contribution is 9.10. The molecule has 0 radical (unpaired) electrons. The Morgan fingerprint density at radius 3 is 2.39 bits per heavy atom. The summed E-state index contributed by atoms with van der Waals surface area (Å²) in [6.45, 7) is 0.0255. The van der Waals surface area contributed by atoms with Gasteiger partial charge in [0, 0.05) is 23.6 Å². The van der Waals surface area contributed by atoms with Crippen molar-refractivity contribution in [2.75, 3.05) is 13.3 Å². The number of fused-ring (bicyclic) bond motifs is 1. The summed E-state index contributed by atoms with van der Waals surface area (Å²) < 4.78 is 39.8. The first-order valence-corrected chi connectivity index (χ1v) is 12.7. The monoisotopic (exact) mass is 532 g/mol. The van der Waals surface area contributed by atoms with Gasteiger partial charge in [-0.1, -0.05) is 52.3 Å². The summed E-state index contributed by atoms with van der Waals surface area (Å²) in [5.74, 6) is 1.18. The number of rotatable bonds is 9. The lowest BCUT2D eigenvalue weighted by Gasteiger charge is -2.28. The maximum Gasteiger partial charge on any atom is 0.243 e. The third-order valence-corrected chi connectivity index (χ3v) is 7.80. The van der Waals surface area contributed by atoms with Crippen LogP contribution in [-0.4, -0.2) is 43.3 Å². The Kier molecular flexibility index (Phi) is 7.35. The molecule has 2 atom stereocenters. The quantitative estimate of drug-likeness (QED) is 0.438. The van der Waals surface area contributed by atoms with E-state index >= 15 is 0 Å². The van der Waals surface area contributed by atoms with Gasteiger partial charge in [0.25, 0.3) is 0 Å². The summed E-state index contributed by atoms with van der Waals surface area (Å²) in [7, 11) is -3.91. The standard InChI is InChI=1S/C24H25BrN2O5S/c25-19-7-9-20(10-8-19)33(29,30)27(14-18-6-11-23-24(13-18)32-16-31-23)15-22(28)21(26)12-17-4-2-1-3-5-17/h1-11,13,21-22,28H,12,14-16,26H2/t21-,22+/m0/s1. The van der Waals surface area contributed by atoms with E-state index in [2.05, 4.69) is 15.9 Å². The minimum absolute atomic E-state index is 0.0458. The molecule has 1 aliphatic heterocycles. The number of sulfonamides is 1. The molecular weight excluding hydrogens is 508 g/mol. The first kappa shape index (κ1) is 23.7. The minimum Gasteiger partial charge on any atom is -0.454 e. The molecule has 3 N–H and O–H groups in total. The van der Waals surface area contributed by atoms with Gasteiger partial charge in [-0.05, 0) is 53.9 Å².